The van der Waals surface area contributed by atoms with Crippen LogP contribution in [0.5, 0.6) is 0 Å². The molecule has 0 amide bonds. The molecule has 1 aromatic carbocycles. The summed E-state index contributed by atoms with van der Waals surface area (Å²) in [7, 11) is -3.25. The zero-order valence-electron chi connectivity index (χ0n) is 9.60. The molecule has 0 radical (unpaired) electrons. The molecule has 2 aliphatic heterocycles. The van der Waals surface area contributed by atoms with Crippen molar-refractivity contribution in [2.75, 3.05) is 17.2 Å². The highest BCUT2D eigenvalue weighted by atomic mass is 32.2. The first-order valence-electron chi connectivity index (χ1n) is 5.35. The summed E-state index contributed by atoms with van der Waals surface area (Å²) < 4.78 is 26.8. The second-order valence-corrected chi connectivity index (χ2v) is 7.11. The molecule has 1 aromatic rings. The van der Waals surface area contributed by atoms with Crippen LogP contribution in [0.3, 0.4) is 0 Å². The van der Waals surface area contributed by atoms with Crippen molar-refractivity contribution in [1.29, 1.82) is 0 Å². The van der Waals surface area contributed by atoms with Gasteiger partial charge in [-0.15, -0.1) is 4.40 Å². The van der Waals surface area contributed by atoms with Crippen LogP contribution in [0.25, 0.3) is 0 Å². The lowest BCUT2D eigenvalue weighted by Gasteiger charge is -2.23. The third kappa shape index (κ3) is 1.75. The standard InChI is InChI=1S/C11H12N2O2S2/c1-7-5-8(2)10-9(6-7)16-11-12-17(14,15)4-3-13(10)11/h5-6H,3-4H2,1-2H3. The fraction of sp³-hybridized carbons (Fsp3) is 0.364. The van der Waals surface area contributed by atoms with E-state index >= 15 is 0 Å². The van der Waals surface area contributed by atoms with Crippen LogP contribution < -0.4 is 4.90 Å². The number of hydrogen-bond donors (Lipinski definition) is 0. The first-order chi connectivity index (χ1) is 7.96. The Morgan fingerprint density at radius 1 is 1.35 bits per heavy atom. The van der Waals surface area contributed by atoms with E-state index in [1.165, 1.54) is 22.9 Å². The van der Waals surface area contributed by atoms with E-state index in [-0.39, 0.29) is 5.75 Å². The van der Waals surface area contributed by atoms with Gasteiger partial charge in [0.2, 0.25) is 0 Å². The SMILES string of the molecule is Cc1cc(C)c2c(c1)SC1=NS(=O)(=O)CCN12. The van der Waals surface area contributed by atoms with Gasteiger partial charge in [-0.05, 0) is 42.8 Å². The molecule has 0 aromatic heterocycles. The normalized spacial score (nSPS) is 20.8. The second kappa shape index (κ2) is 3.49. The third-order valence-electron chi connectivity index (χ3n) is 2.90. The van der Waals surface area contributed by atoms with Crippen molar-refractivity contribution in [3.8, 4) is 0 Å². The fourth-order valence-corrected chi connectivity index (χ4v) is 4.67. The number of thioether (sulfide) groups is 1. The minimum absolute atomic E-state index is 0.101. The highest BCUT2D eigenvalue weighted by molar-refractivity contribution is 8.15. The number of fused-ring (bicyclic) bond motifs is 3. The zero-order chi connectivity index (χ0) is 12.2. The number of sulfonamides is 1. The van der Waals surface area contributed by atoms with Gasteiger partial charge >= 0.3 is 0 Å². The van der Waals surface area contributed by atoms with E-state index in [0.29, 0.717) is 11.7 Å². The lowest BCUT2D eigenvalue weighted by atomic mass is 10.1. The maximum absolute atomic E-state index is 11.5. The van der Waals surface area contributed by atoms with Gasteiger partial charge < -0.3 is 4.90 Å². The van der Waals surface area contributed by atoms with Crippen LogP contribution in [0.2, 0.25) is 0 Å². The van der Waals surface area contributed by atoms with Gasteiger partial charge in [0, 0.05) is 11.4 Å². The van der Waals surface area contributed by atoms with Crippen LogP contribution in [-0.4, -0.2) is 25.9 Å². The number of amidine groups is 1. The van der Waals surface area contributed by atoms with Crippen LogP contribution in [0, 0.1) is 13.8 Å². The van der Waals surface area contributed by atoms with Crippen molar-refractivity contribution in [3.05, 3.63) is 23.3 Å². The highest BCUT2D eigenvalue weighted by Gasteiger charge is 2.34. The van der Waals surface area contributed by atoms with E-state index in [1.54, 1.807) is 0 Å². The zero-order valence-corrected chi connectivity index (χ0v) is 11.2. The molecule has 90 valence electrons. The molecule has 6 heteroatoms. The Bertz CT molecular complexity index is 635. The van der Waals surface area contributed by atoms with Crippen LogP contribution in [0.1, 0.15) is 11.1 Å². The number of nitrogens with zero attached hydrogens (tertiary/aromatic N) is 2. The minimum Gasteiger partial charge on any atom is -0.318 e. The number of rotatable bonds is 0. The summed E-state index contributed by atoms with van der Waals surface area (Å²) in [5.74, 6) is 0.101. The predicted octanol–water partition coefficient (Wildman–Crippen LogP) is 1.91. The summed E-state index contributed by atoms with van der Waals surface area (Å²) in [5, 5.41) is 0.597. The fourth-order valence-electron chi connectivity index (χ4n) is 2.24. The molecular formula is C11H12N2O2S2. The van der Waals surface area contributed by atoms with Crippen molar-refractivity contribution in [2.24, 2.45) is 4.40 Å². The first kappa shape index (κ1) is 11.1. The molecule has 0 spiro atoms. The average molecular weight is 268 g/mol. The second-order valence-electron chi connectivity index (χ2n) is 4.34. The van der Waals surface area contributed by atoms with E-state index in [1.807, 2.05) is 11.8 Å². The maximum atomic E-state index is 11.5. The van der Waals surface area contributed by atoms with Gasteiger partial charge in [-0.2, -0.15) is 0 Å². The molecular weight excluding hydrogens is 256 g/mol. The third-order valence-corrected chi connectivity index (χ3v) is 5.19. The maximum Gasteiger partial charge on any atom is 0.257 e. The van der Waals surface area contributed by atoms with Crippen molar-refractivity contribution in [3.63, 3.8) is 0 Å². The van der Waals surface area contributed by atoms with Gasteiger partial charge in [0.25, 0.3) is 10.0 Å². The summed E-state index contributed by atoms with van der Waals surface area (Å²) >= 11 is 1.45. The molecule has 0 atom stereocenters. The van der Waals surface area contributed by atoms with Crippen molar-refractivity contribution < 1.29 is 8.42 Å². The summed E-state index contributed by atoms with van der Waals surface area (Å²) in [6, 6.07) is 4.20. The highest BCUT2D eigenvalue weighted by Crippen LogP contribution is 2.44. The molecule has 0 fully saturated rings. The topological polar surface area (TPSA) is 49.7 Å². The monoisotopic (exact) mass is 268 g/mol. The predicted molar refractivity (Wildman–Crippen MR) is 70.3 cm³/mol. The van der Waals surface area contributed by atoms with Gasteiger partial charge in [0.15, 0.2) is 5.17 Å². The average Bonchev–Trinajstić information content (AvgIpc) is 2.52. The molecule has 0 N–H and O–H groups in total. The molecule has 2 heterocycles. The van der Waals surface area contributed by atoms with E-state index in [4.69, 9.17) is 0 Å². The molecule has 17 heavy (non-hydrogen) atoms. The van der Waals surface area contributed by atoms with Gasteiger partial charge in [-0.25, -0.2) is 8.42 Å². The molecule has 0 aliphatic carbocycles. The van der Waals surface area contributed by atoms with Crippen LogP contribution in [0.15, 0.2) is 21.4 Å². The van der Waals surface area contributed by atoms with Gasteiger partial charge in [0.05, 0.1) is 11.4 Å². The van der Waals surface area contributed by atoms with Crippen molar-refractivity contribution >= 4 is 32.6 Å². The van der Waals surface area contributed by atoms with Gasteiger partial charge in [-0.3, -0.25) is 0 Å². The number of aryl methyl sites for hydroxylation is 2. The van der Waals surface area contributed by atoms with Crippen LogP contribution in [-0.2, 0) is 10.0 Å². The van der Waals surface area contributed by atoms with E-state index in [0.717, 1.165) is 10.6 Å². The summed E-state index contributed by atoms with van der Waals surface area (Å²) in [6.45, 7) is 4.60. The van der Waals surface area contributed by atoms with Gasteiger partial charge in [0.1, 0.15) is 0 Å². The smallest absolute Gasteiger partial charge is 0.257 e. The Balaban J connectivity index is 2.18. The summed E-state index contributed by atoms with van der Waals surface area (Å²) in [6.07, 6.45) is 0. The molecule has 0 unspecified atom stereocenters. The van der Waals surface area contributed by atoms with E-state index < -0.39 is 10.0 Å². The first-order valence-corrected chi connectivity index (χ1v) is 7.78. The molecule has 2 aliphatic rings. The quantitative estimate of drug-likeness (QED) is 0.721. The van der Waals surface area contributed by atoms with Crippen molar-refractivity contribution in [2.45, 2.75) is 18.7 Å². The van der Waals surface area contributed by atoms with Gasteiger partial charge in [-0.1, -0.05) is 6.07 Å². The molecule has 0 saturated heterocycles. The Morgan fingerprint density at radius 2 is 2.12 bits per heavy atom. The molecule has 4 nitrogen and oxygen atoms in total. The van der Waals surface area contributed by atoms with Crippen LogP contribution >= 0.6 is 11.8 Å². The summed E-state index contributed by atoms with van der Waals surface area (Å²) in [4.78, 5) is 3.12. The Morgan fingerprint density at radius 3 is 2.88 bits per heavy atom. The number of benzene rings is 1. The molecule has 3 rings (SSSR count). The minimum atomic E-state index is -3.25. The number of anilines is 1. The largest absolute Gasteiger partial charge is 0.318 e. The van der Waals surface area contributed by atoms with E-state index in [2.05, 4.69) is 23.5 Å². The molecule has 0 bridgehead atoms. The molecule has 0 saturated carbocycles. The van der Waals surface area contributed by atoms with Crippen molar-refractivity contribution in [1.82, 2.24) is 0 Å². The Kier molecular flexibility index (Phi) is 2.28. The lowest BCUT2D eigenvalue weighted by Crippen LogP contribution is -2.35. The van der Waals surface area contributed by atoms with Crippen LogP contribution in [0.4, 0.5) is 5.69 Å². The lowest BCUT2D eigenvalue weighted by molar-refractivity contribution is 0.596. The number of hydrogen-bond acceptors (Lipinski definition) is 4. The Labute approximate surface area is 105 Å². The van der Waals surface area contributed by atoms with E-state index in [9.17, 15) is 8.42 Å². The Hall–Kier alpha value is -1.01. The summed E-state index contributed by atoms with van der Waals surface area (Å²) in [5.41, 5.74) is 3.49.